The van der Waals surface area contributed by atoms with E-state index < -0.39 is 6.04 Å². The van der Waals surface area contributed by atoms with Crippen molar-refractivity contribution in [2.75, 3.05) is 24.5 Å². The Balaban J connectivity index is 1.47. The summed E-state index contributed by atoms with van der Waals surface area (Å²) in [5.74, 6) is 0.922. The summed E-state index contributed by atoms with van der Waals surface area (Å²) in [5, 5.41) is 11.8. The highest BCUT2D eigenvalue weighted by Crippen LogP contribution is 2.42. The largest absolute Gasteiger partial charge is 0.355 e. The van der Waals surface area contributed by atoms with Gasteiger partial charge in [0.2, 0.25) is 5.91 Å². The number of aromatic nitrogens is 3. The van der Waals surface area contributed by atoms with Crippen LogP contribution in [0.2, 0.25) is 0 Å². The molecular formula is C24H25N5O2. The maximum atomic E-state index is 12.9. The molecule has 0 spiro atoms. The maximum Gasteiger partial charge on any atom is 0.251 e. The lowest BCUT2D eigenvalue weighted by molar-refractivity contribution is -0.126. The molecule has 1 amide bonds. The van der Waals surface area contributed by atoms with Gasteiger partial charge < -0.3 is 10.2 Å². The van der Waals surface area contributed by atoms with Gasteiger partial charge in [-0.3, -0.25) is 14.2 Å². The van der Waals surface area contributed by atoms with Gasteiger partial charge in [0, 0.05) is 48.8 Å². The number of carbonyl (C=O) groups excluding carboxylic acids is 1. The number of carbonyl (C=O) groups is 1. The Hall–Kier alpha value is -3.48. The molecular weight excluding hydrogens is 390 g/mol. The SMILES string of the molecule is CCNC(=O)[C@H]1[C@@H]2C[C@@H](CN(c3ccc(-c4ccccc4)nn3)C2)c2cccc(=O)n21. The van der Waals surface area contributed by atoms with E-state index in [9.17, 15) is 9.59 Å². The molecule has 5 rings (SSSR count). The van der Waals surface area contributed by atoms with Crippen LogP contribution in [0.25, 0.3) is 11.3 Å². The number of benzene rings is 1. The lowest BCUT2D eigenvalue weighted by Gasteiger charge is -2.46. The third-order valence-corrected chi connectivity index (χ3v) is 6.31. The first-order valence-electron chi connectivity index (χ1n) is 10.8. The lowest BCUT2D eigenvalue weighted by atomic mass is 9.78. The zero-order valence-electron chi connectivity index (χ0n) is 17.4. The molecule has 0 unspecified atom stereocenters. The third kappa shape index (κ3) is 3.50. The quantitative estimate of drug-likeness (QED) is 0.709. The first-order chi connectivity index (χ1) is 15.2. The molecule has 2 aromatic heterocycles. The van der Waals surface area contributed by atoms with Crippen LogP contribution in [0.1, 0.15) is 31.0 Å². The van der Waals surface area contributed by atoms with Gasteiger partial charge in [-0.25, -0.2) is 0 Å². The second-order valence-corrected chi connectivity index (χ2v) is 8.24. The second-order valence-electron chi connectivity index (χ2n) is 8.24. The number of nitrogens with one attached hydrogen (secondary N) is 1. The number of rotatable bonds is 4. The Morgan fingerprint density at radius 3 is 2.61 bits per heavy atom. The third-order valence-electron chi connectivity index (χ3n) is 6.31. The van der Waals surface area contributed by atoms with Crippen molar-refractivity contribution in [3.63, 3.8) is 0 Å². The molecule has 158 valence electrons. The van der Waals surface area contributed by atoms with E-state index in [0.717, 1.165) is 35.7 Å². The number of amides is 1. The number of hydrogen-bond acceptors (Lipinski definition) is 5. The molecule has 1 fully saturated rings. The van der Waals surface area contributed by atoms with Crippen molar-refractivity contribution < 1.29 is 4.79 Å². The van der Waals surface area contributed by atoms with Gasteiger partial charge in [-0.2, -0.15) is 0 Å². The van der Waals surface area contributed by atoms with Crippen LogP contribution < -0.4 is 15.8 Å². The molecule has 7 nitrogen and oxygen atoms in total. The molecule has 0 aliphatic carbocycles. The van der Waals surface area contributed by atoms with E-state index in [1.807, 2.05) is 55.5 Å². The van der Waals surface area contributed by atoms with E-state index in [1.165, 1.54) is 0 Å². The predicted octanol–water partition coefficient (Wildman–Crippen LogP) is 2.61. The highest BCUT2D eigenvalue weighted by Gasteiger charge is 2.43. The minimum atomic E-state index is -0.501. The highest BCUT2D eigenvalue weighted by atomic mass is 16.2. The Bertz CT molecular complexity index is 1140. The molecule has 7 heteroatoms. The Morgan fingerprint density at radius 2 is 1.87 bits per heavy atom. The minimum absolute atomic E-state index is 0.0356. The summed E-state index contributed by atoms with van der Waals surface area (Å²) in [6.45, 7) is 3.85. The molecule has 1 aromatic carbocycles. The summed E-state index contributed by atoms with van der Waals surface area (Å²) in [6, 6.07) is 18.8. The van der Waals surface area contributed by atoms with Crippen LogP contribution in [-0.2, 0) is 4.79 Å². The summed E-state index contributed by atoms with van der Waals surface area (Å²) in [7, 11) is 0. The molecule has 2 bridgehead atoms. The van der Waals surface area contributed by atoms with Gasteiger partial charge in [-0.05, 0) is 31.5 Å². The van der Waals surface area contributed by atoms with Gasteiger partial charge in [0.05, 0.1) is 5.69 Å². The van der Waals surface area contributed by atoms with Crippen molar-refractivity contribution in [1.29, 1.82) is 0 Å². The fourth-order valence-corrected chi connectivity index (χ4v) is 4.99. The van der Waals surface area contributed by atoms with E-state index >= 15 is 0 Å². The van der Waals surface area contributed by atoms with E-state index in [2.05, 4.69) is 20.4 Å². The predicted molar refractivity (Wildman–Crippen MR) is 119 cm³/mol. The van der Waals surface area contributed by atoms with Crippen LogP contribution in [0, 0.1) is 5.92 Å². The number of anilines is 1. The van der Waals surface area contributed by atoms with E-state index in [-0.39, 0.29) is 23.3 Å². The Morgan fingerprint density at radius 1 is 1.03 bits per heavy atom. The smallest absolute Gasteiger partial charge is 0.251 e. The normalized spacial score (nSPS) is 22.0. The molecule has 1 N–H and O–H groups in total. The zero-order chi connectivity index (χ0) is 21.4. The van der Waals surface area contributed by atoms with Crippen molar-refractivity contribution in [2.45, 2.75) is 25.3 Å². The van der Waals surface area contributed by atoms with Crippen molar-refractivity contribution >= 4 is 11.7 Å². The second kappa shape index (κ2) is 7.98. The highest BCUT2D eigenvalue weighted by molar-refractivity contribution is 5.81. The first-order valence-corrected chi connectivity index (χ1v) is 10.8. The summed E-state index contributed by atoms with van der Waals surface area (Å²) in [4.78, 5) is 27.8. The molecule has 31 heavy (non-hydrogen) atoms. The van der Waals surface area contributed by atoms with Crippen molar-refractivity contribution in [1.82, 2.24) is 20.1 Å². The molecule has 3 aromatic rings. The van der Waals surface area contributed by atoms with Crippen LogP contribution in [0.15, 0.2) is 65.5 Å². The average molecular weight is 415 g/mol. The molecule has 3 atom stereocenters. The number of fused-ring (bicyclic) bond motifs is 4. The molecule has 2 aliphatic heterocycles. The monoisotopic (exact) mass is 415 g/mol. The average Bonchev–Trinajstić information content (AvgIpc) is 2.80. The maximum absolute atomic E-state index is 12.9. The summed E-state index contributed by atoms with van der Waals surface area (Å²) < 4.78 is 1.71. The number of pyridine rings is 1. The Kier molecular flexibility index (Phi) is 5.02. The number of piperidine rings is 1. The van der Waals surface area contributed by atoms with E-state index in [1.54, 1.807) is 16.7 Å². The lowest BCUT2D eigenvalue weighted by Crippen LogP contribution is -2.53. The molecule has 4 heterocycles. The fourth-order valence-electron chi connectivity index (χ4n) is 4.99. The van der Waals surface area contributed by atoms with Crippen LogP contribution in [0.4, 0.5) is 5.82 Å². The summed E-state index contributed by atoms with van der Waals surface area (Å²) >= 11 is 0. The van der Waals surface area contributed by atoms with Gasteiger partial charge in [0.25, 0.3) is 5.56 Å². The number of likely N-dealkylation sites (N-methyl/N-ethyl adjacent to an activating group) is 1. The standard InChI is InChI=1S/C24H25N5O2/c1-2-25-24(31)23-18-13-17(20-9-6-10-22(30)29(20)23)14-28(15-18)21-12-11-19(26-27-21)16-7-4-3-5-8-16/h3-12,17-18,23H,2,13-15H2,1H3,(H,25,31)/t17-,18+,23+/m0/s1. The van der Waals surface area contributed by atoms with E-state index in [4.69, 9.17) is 0 Å². The van der Waals surface area contributed by atoms with Crippen LogP contribution in [0.5, 0.6) is 0 Å². The van der Waals surface area contributed by atoms with E-state index in [0.29, 0.717) is 13.1 Å². The molecule has 0 radical (unpaired) electrons. The van der Waals surface area contributed by atoms with Crippen LogP contribution in [0.3, 0.4) is 0 Å². The minimum Gasteiger partial charge on any atom is -0.355 e. The zero-order valence-corrected chi connectivity index (χ0v) is 17.4. The fraction of sp³-hybridized carbons (Fsp3) is 0.333. The van der Waals surface area contributed by atoms with Crippen molar-refractivity contribution in [2.24, 2.45) is 5.92 Å². The van der Waals surface area contributed by atoms with Crippen molar-refractivity contribution in [3.05, 3.63) is 76.7 Å². The number of nitrogens with zero attached hydrogens (tertiary/aromatic N) is 4. The topological polar surface area (TPSA) is 80.1 Å². The van der Waals surface area contributed by atoms with Crippen molar-refractivity contribution in [3.8, 4) is 11.3 Å². The summed E-state index contributed by atoms with van der Waals surface area (Å²) in [5.41, 5.74) is 2.68. The molecule has 0 saturated carbocycles. The van der Waals surface area contributed by atoms with Gasteiger partial charge in [0.15, 0.2) is 5.82 Å². The molecule has 2 aliphatic rings. The summed E-state index contributed by atoms with van der Waals surface area (Å²) in [6.07, 6.45) is 0.886. The first kappa shape index (κ1) is 19.5. The van der Waals surface area contributed by atoms with Gasteiger partial charge in [-0.1, -0.05) is 36.4 Å². The molecule has 1 saturated heterocycles. The van der Waals surface area contributed by atoms with Crippen LogP contribution >= 0.6 is 0 Å². The van der Waals surface area contributed by atoms with Crippen LogP contribution in [-0.4, -0.2) is 40.3 Å². The van der Waals surface area contributed by atoms with Gasteiger partial charge >= 0.3 is 0 Å². The Labute approximate surface area is 180 Å². The van der Waals surface area contributed by atoms with Gasteiger partial charge in [0.1, 0.15) is 6.04 Å². The number of hydrogen-bond donors (Lipinski definition) is 1. The van der Waals surface area contributed by atoms with Gasteiger partial charge in [-0.15, -0.1) is 10.2 Å².